The van der Waals surface area contributed by atoms with Gasteiger partial charge in [0.1, 0.15) is 22.7 Å². The van der Waals surface area contributed by atoms with E-state index >= 15 is 0 Å². The third-order valence-corrected chi connectivity index (χ3v) is 6.73. The van der Waals surface area contributed by atoms with Crippen LogP contribution in [0.1, 0.15) is 18.5 Å². The molecule has 8 nitrogen and oxygen atoms in total. The van der Waals surface area contributed by atoms with Crippen molar-refractivity contribution in [3.05, 3.63) is 103 Å². The van der Waals surface area contributed by atoms with Crippen LogP contribution in [0.3, 0.4) is 0 Å². The monoisotopic (exact) mass is 521 g/mol. The number of carbonyl (C=O) groups is 2. The van der Waals surface area contributed by atoms with Crippen LogP contribution in [0.2, 0.25) is 0 Å². The van der Waals surface area contributed by atoms with Gasteiger partial charge in [-0.15, -0.1) is 0 Å². The second-order valence-corrected chi connectivity index (χ2v) is 9.54. The second-order valence-electron chi connectivity index (χ2n) is 9.54. The van der Waals surface area contributed by atoms with Crippen LogP contribution in [-0.2, 0) is 9.59 Å². The quantitative estimate of drug-likeness (QED) is 0.255. The van der Waals surface area contributed by atoms with Gasteiger partial charge >= 0.3 is 0 Å². The molecule has 1 aliphatic carbocycles. The SMILES string of the molecule is Cc1ccn(-c2ccc3c(Oc4ccc(NC(=O)C5(C(=O)Nc6ccc(F)cc6)CC5)cc4)ccnc3c2)n1. The molecule has 39 heavy (non-hydrogen) atoms. The number of benzene rings is 3. The zero-order chi connectivity index (χ0) is 27.0. The van der Waals surface area contributed by atoms with Crippen LogP contribution in [0, 0.1) is 18.2 Å². The smallest absolute Gasteiger partial charge is 0.240 e. The van der Waals surface area contributed by atoms with Crippen molar-refractivity contribution in [1.29, 1.82) is 0 Å². The maximum atomic E-state index is 13.1. The minimum Gasteiger partial charge on any atom is -0.457 e. The molecular formula is C30H24FN5O3. The fourth-order valence-electron chi connectivity index (χ4n) is 4.35. The van der Waals surface area contributed by atoms with Gasteiger partial charge in [-0.25, -0.2) is 9.07 Å². The van der Waals surface area contributed by atoms with E-state index in [2.05, 4.69) is 20.7 Å². The van der Waals surface area contributed by atoms with Crippen LogP contribution in [-0.4, -0.2) is 26.6 Å². The fourth-order valence-corrected chi connectivity index (χ4v) is 4.35. The minimum atomic E-state index is -1.13. The van der Waals surface area contributed by atoms with Crippen LogP contribution >= 0.6 is 0 Å². The lowest BCUT2D eigenvalue weighted by atomic mass is 10.0. The normalized spacial score (nSPS) is 13.6. The standard InChI is InChI=1S/C30H24FN5O3/c1-19-13-17-36(35-19)23-8-11-25-26(18-23)32-16-12-27(25)39-24-9-6-22(7-10-24)34-29(38)30(14-15-30)28(37)33-21-4-2-20(31)3-5-21/h2-13,16-18H,14-15H2,1H3,(H,33,37)(H,34,38). The van der Waals surface area contributed by atoms with Crippen molar-refractivity contribution >= 4 is 34.1 Å². The van der Waals surface area contributed by atoms with Crippen LogP contribution in [0.15, 0.2) is 91.3 Å². The first-order valence-corrected chi connectivity index (χ1v) is 12.5. The number of halogens is 1. The number of fused-ring (bicyclic) bond motifs is 1. The number of hydrogen-bond acceptors (Lipinski definition) is 5. The van der Waals surface area contributed by atoms with Gasteiger partial charge in [-0.2, -0.15) is 5.10 Å². The van der Waals surface area contributed by atoms with E-state index in [0.717, 1.165) is 22.3 Å². The Labute approximate surface area is 223 Å². The molecule has 1 aliphatic rings. The Morgan fingerprint density at radius 1 is 0.897 bits per heavy atom. The van der Waals surface area contributed by atoms with E-state index in [0.29, 0.717) is 35.7 Å². The number of nitrogens with zero attached hydrogens (tertiary/aromatic N) is 3. The third kappa shape index (κ3) is 4.94. The Kier molecular flexibility index (Phi) is 6.03. The Balaban J connectivity index is 1.13. The summed E-state index contributed by atoms with van der Waals surface area (Å²) in [5.74, 6) is 0.0592. The largest absolute Gasteiger partial charge is 0.457 e. The molecule has 2 aromatic heterocycles. The molecule has 0 atom stereocenters. The van der Waals surface area contributed by atoms with E-state index in [1.54, 1.807) is 41.2 Å². The van der Waals surface area contributed by atoms with E-state index in [1.165, 1.54) is 24.3 Å². The molecule has 0 aliphatic heterocycles. The zero-order valence-corrected chi connectivity index (χ0v) is 21.0. The summed E-state index contributed by atoms with van der Waals surface area (Å²) in [4.78, 5) is 30.2. The summed E-state index contributed by atoms with van der Waals surface area (Å²) in [6, 6.07) is 22.0. The lowest BCUT2D eigenvalue weighted by Crippen LogP contribution is -2.35. The van der Waals surface area contributed by atoms with Crippen molar-refractivity contribution < 1.29 is 18.7 Å². The van der Waals surface area contributed by atoms with Gasteiger partial charge in [0.2, 0.25) is 11.8 Å². The van der Waals surface area contributed by atoms with Gasteiger partial charge in [0, 0.05) is 29.2 Å². The van der Waals surface area contributed by atoms with Crippen LogP contribution in [0.5, 0.6) is 11.5 Å². The predicted octanol–water partition coefficient (Wildman–Crippen LogP) is 6.02. The van der Waals surface area contributed by atoms with Gasteiger partial charge in [-0.1, -0.05) is 0 Å². The van der Waals surface area contributed by atoms with Gasteiger partial charge in [-0.05, 0) is 98.6 Å². The molecule has 2 amide bonds. The van der Waals surface area contributed by atoms with Gasteiger partial charge in [-0.3, -0.25) is 14.6 Å². The molecule has 2 N–H and O–H groups in total. The zero-order valence-electron chi connectivity index (χ0n) is 21.0. The number of hydrogen-bond donors (Lipinski definition) is 2. The van der Waals surface area contributed by atoms with Gasteiger partial charge < -0.3 is 15.4 Å². The first-order valence-electron chi connectivity index (χ1n) is 12.5. The molecule has 6 rings (SSSR count). The number of anilines is 2. The highest BCUT2D eigenvalue weighted by molar-refractivity contribution is 6.16. The number of aryl methyl sites for hydroxylation is 1. The van der Waals surface area contributed by atoms with Crippen molar-refractivity contribution in [2.45, 2.75) is 19.8 Å². The minimum absolute atomic E-state index is 0.376. The van der Waals surface area contributed by atoms with Crippen molar-refractivity contribution in [2.24, 2.45) is 5.41 Å². The second kappa shape index (κ2) is 9.68. The van der Waals surface area contributed by atoms with Crippen molar-refractivity contribution in [1.82, 2.24) is 14.8 Å². The molecule has 0 bridgehead atoms. The molecule has 194 valence electrons. The highest BCUT2D eigenvalue weighted by Gasteiger charge is 2.56. The average Bonchev–Trinajstić information content (AvgIpc) is 3.65. The maximum Gasteiger partial charge on any atom is 0.240 e. The Morgan fingerprint density at radius 2 is 1.56 bits per heavy atom. The summed E-state index contributed by atoms with van der Waals surface area (Å²) in [5.41, 5.74) is 2.47. The number of carbonyl (C=O) groups excluding carboxylic acids is 2. The Bertz CT molecular complexity index is 1690. The van der Waals surface area contributed by atoms with Crippen LogP contribution < -0.4 is 15.4 Å². The lowest BCUT2D eigenvalue weighted by molar-refractivity contribution is -0.131. The lowest BCUT2D eigenvalue weighted by Gasteiger charge is -2.16. The van der Waals surface area contributed by atoms with Gasteiger partial charge in [0.05, 0.1) is 16.9 Å². The molecule has 1 saturated carbocycles. The highest BCUT2D eigenvalue weighted by atomic mass is 19.1. The number of nitrogens with one attached hydrogen (secondary N) is 2. The molecule has 0 saturated heterocycles. The number of aromatic nitrogens is 3. The van der Waals surface area contributed by atoms with Crippen molar-refractivity contribution in [3.63, 3.8) is 0 Å². The Hall–Kier alpha value is -5.05. The average molecular weight is 522 g/mol. The predicted molar refractivity (Wildman–Crippen MR) is 145 cm³/mol. The van der Waals surface area contributed by atoms with Crippen molar-refractivity contribution in [2.75, 3.05) is 10.6 Å². The van der Waals surface area contributed by atoms with E-state index in [9.17, 15) is 14.0 Å². The number of pyridine rings is 1. The molecule has 0 radical (unpaired) electrons. The molecule has 0 unspecified atom stereocenters. The molecule has 5 aromatic rings. The molecule has 2 heterocycles. The first-order chi connectivity index (χ1) is 18.9. The third-order valence-electron chi connectivity index (χ3n) is 6.73. The summed E-state index contributed by atoms with van der Waals surface area (Å²) < 4.78 is 21.1. The maximum absolute atomic E-state index is 13.1. The van der Waals surface area contributed by atoms with E-state index < -0.39 is 17.1 Å². The van der Waals surface area contributed by atoms with E-state index in [1.807, 2.05) is 37.4 Å². The Morgan fingerprint density at radius 3 is 2.18 bits per heavy atom. The molecular weight excluding hydrogens is 497 g/mol. The van der Waals surface area contributed by atoms with E-state index in [4.69, 9.17) is 4.74 Å². The molecule has 9 heteroatoms. The summed E-state index contributed by atoms with van der Waals surface area (Å²) in [6.45, 7) is 1.94. The van der Waals surface area contributed by atoms with Gasteiger partial charge in [0.15, 0.2) is 0 Å². The van der Waals surface area contributed by atoms with E-state index in [-0.39, 0.29) is 5.91 Å². The summed E-state index contributed by atoms with van der Waals surface area (Å²) >= 11 is 0. The summed E-state index contributed by atoms with van der Waals surface area (Å²) in [7, 11) is 0. The van der Waals surface area contributed by atoms with Crippen LogP contribution in [0.25, 0.3) is 16.6 Å². The molecule has 3 aromatic carbocycles. The highest BCUT2D eigenvalue weighted by Crippen LogP contribution is 2.47. The number of ether oxygens (including phenoxy) is 1. The first kappa shape index (κ1) is 24.3. The molecule has 1 fully saturated rings. The van der Waals surface area contributed by atoms with Gasteiger partial charge in [0.25, 0.3) is 0 Å². The fraction of sp³-hybridized carbons (Fsp3) is 0.133. The number of rotatable bonds is 7. The van der Waals surface area contributed by atoms with Crippen LogP contribution in [0.4, 0.5) is 15.8 Å². The summed E-state index contributed by atoms with van der Waals surface area (Å²) in [6.07, 6.45) is 4.49. The molecule has 0 spiro atoms. The van der Waals surface area contributed by atoms with Crippen molar-refractivity contribution in [3.8, 4) is 17.2 Å². The topological polar surface area (TPSA) is 98.1 Å². The number of amides is 2. The summed E-state index contributed by atoms with van der Waals surface area (Å²) in [5, 5.41) is 10.8.